The number of aryl methyl sites for hydroxylation is 1. The van der Waals surface area contributed by atoms with Crippen LogP contribution in [0.1, 0.15) is 41.7 Å². The number of aliphatic hydroxyl groups excluding tert-OH is 2. The fourth-order valence-electron chi connectivity index (χ4n) is 3.25. The van der Waals surface area contributed by atoms with E-state index in [1.54, 1.807) is 13.0 Å². The summed E-state index contributed by atoms with van der Waals surface area (Å²) in [5.74, 6) is -0.703. The number of benzene rings is 1. The lowest BCUT2D eigenvalue weighted by molar-refractivity contribution is -0.00128. The highest BCUT2D eigenvalue weighted by atomic mass is 19.1. The van der Waals surface area contributed by atoms with Gasteiger partial charge in [0.1, 0.15) is 11.5 Å². The Bertz CT molecular complexity index is 728. The van der Waals surface area contributed by atoms with Crippen LogP contribution >= 0.6 is 0 Å². The Morgan fingerprint density at radius 3 is 2.83 bits per heavy atom. The highest BCUT2D eigenvalue weighted by molar-refractivity contribution is 6.01. The molecule has 0 spiro atoms. The minimum atomic E-state index is -0.969. The van der Waals surface area contributed by atoms with Gasteiger partial charge in [0.05, 0.1) is 18.2 Å². The van der Waals surface area contributed by atoms with Crippen molar-refractivity contribution in [2.24, 2.45) is 0 Å². The Kier molecular flexibility index (Phi) is 4.37. The van der Waals surface area contributed by atoms with Crippen LogP contribution < -0.4 is 5.32 Å². The van der Waals surface area contributed by atoms with Gasteiger partial charge < -0.3 is 20.5 Å². The van der Waals surface area contributed by atoms with E-state index in [1.165, 1.54) is 12.1 Å². The van der Waals surface area contributed by atoms with Crippen LogP contribution in [0.15, 0.2) is 18.2 Å². The molecule has 0 saturated heterocycles. The molecule has 1 fully saturated rings. The number of fused-ring (bicyclic) bond motifs is 1. The van der Waals surface area contributed by atoms with Crippen molar-refractivity contribution in [3.05, 3.63) is 35.3 Å². The van der Waals surface area contributed by atoms with Crippen molar-refractivity contribution in [1.29, 1.82) is 0 Å². The van der Waals surface area contributed by atoms with Crippen LogP contribution in [-0.2, 0) is 0 Å². The van der Waals surface area contributed by atoms with Crippen LogP contribution in [0.3, 0.4) is 0 Å². The van der Waals surface area contributed by atoms with E-state index in [0.717, 1.165) is 12.8 Å². The largest absolute Gasteiger partial charge is 0.390 e. The summed E-state index contributed by atoms with van der Waals surface area (Å²) in [7, 11) is 0. The van der Waals surface area contributed by atoms with E-state index < -0.39 is 18.2 Å². The van der Waals surface area contributed by atoms with Gasteiger partial charge in [0, 0.05) is 10.9 Å². The molecule has 0 bridgehead atoms. The Labute approximate surface area is 133 Å². The third kappa shape index (κ3) is 3.09. The van der Waals surface area contributed by atoms with Crippen LogP contribution in [0.25, 0.3) is 10.9 Å². The summed E-state index contributed by atoms with van der Waals surface area (Å²) in [4.78, 5) is 15.5. The molecule has 0 unspecified atom stereocenters. The summed E-state index contributed by atoms with van der Waals surface area (Å²) >= 11 is 0. The monoisotopic (exact) mass is 320 g/mol. The third-order valence-electron chi connectivity index (χ3n) is 4.64. The number of carbonyl (C=O) groups is 1. The van der Waals surface area contributed by atoms with Gasteiger partial charge >= 0.3 is 0 Å². The van der Waals surface area contributed by atoms with Crippen LogP contribution in [-0.4, -0.2) is 39.4 Å². The van der Waals surface area contributed by atoms with Crippen molar-refractivity contribution >= 4 is 16.8 Å². The van der Waals surface area contributed by atoms with E-state index in [1.807, 2.05) is 0 Å². The van der Waals surface area contributed by atoms with Crippen LogP contribution in [0.4, 0.5) is 4.39 Å². The average molecular weight is 320 g/mol. The van der Waals surface area contributed by atoms with Gasteiger partial charge in [-0.1, -0.05) is 12.8 Å². The smallest absolute Gasteiger partial charge is 0.268 e. The Balaban J connectivity index is 1.84. The maximum Gasteiger partial charge on any atom is 0.268 e. The molecular weight excluding hydrogens is 299 g/mol. The number of amides is 1. The Morgan fingerprint density at radius 1 is 1.30 bits per heavy atom. The van der Waals surface area contributed by atoms with Gasteiger partial charge in [-0.15, -0.1) is 0 Å². The highest BCUT2D eigenvalue weighted by Crippen LogP contribution is 2.24. The molecule has 3 atom stereocenters. The first-order valence-corrected chi connectivity index (χ1v) is 7.92. The van der Waals surface area contributed by atoms with Crippen LogP contribution in [0, 0.1) is 12.7 Å². The molecule has 1 saturated carbocycles. The predicted octanol–water partition coefficient (Wildman–Crippen LogP) is 2.01. The van der Waals surface area contributed by atoms with Gasteiger partial charge in [0.2, 0.25) is 0 Å². The summed E-state index contributed by atoms with van der Waals surface area (Å²) in [6, 6.07) is 3.84. The maximum atomic E-state index is 13.4. The second kappa shape index (κ2) is 6.29. The highest BCUT2D eigenvalue weighted by Gasteiger charge is 2.30. The van der Waals surface area contributed by atoms with Gasteiger partial charge in [-0.25, -0.2) is 4.39 Å². The molecule has 2 aromatic rings. The number of nitrogens with one attached hydrogen (secondary N) is 2. The average Bonchev–Trinajstić information content (AvgIpc) is 2.77. The number of hydrogen-bond donors (Lipinski definition) is 4. The van der Waals surface area contributed by atoms with Gasteiger partial charge in [-0.3, -0.25) is 4.79 Å². The van der Waals surface area contributed by atoms with Crippen molar-refractivity contribution in [3.8, 4) is 0 Å². The van der Waals surface area contributed by atoms with E-state index in [0.29, 0.717) is 35.0 Å². The Hall–Kier alpha value is -1.92. The van der Waals surface area contributed by atoms with Crippen molar-refractivity contribution in [2.45, 2.75) is 50.9 Å². The molecule has 4 N–H and O–H groups in total. The number of aromatic nitrogens is 1. The minimum absolute atomic E-state index is 0.350. The molecule has 1 aliphatic carbocycles. The number of hydrogen-bond acceptors (Lipinski definition) is 3. The molecule has 0 radical (unpaired) electrons. The fourth-order valence-corrected chi connectivity index (χ4v) is 3.25. The lowest BCUT2D eigenvalue weighted by Gasteiger charge is -2.24. The molecule has 1 aromatic carbocycles. The molecule has 3 rings (SSSR count). The van der Waals surface area contributed by atoms with Crippen molar-refractivity contribution < 1.29 is 19.4 Å². The number of carbonyl (C=O) groups excluding carboxylic acids is 1. The van der Waals surface area contributed by atoms with Crippen molar-refractivity contribution in [1.82, 2.24) is 10.3 Å². The first-order chi connectivity index (χ1) is 11.0. The number of rotatable bonds is 2. The van der Waals surface area contributed by atoms with E-state index >= 15 is 0 Å². The number of halogens is 1. The summed E-state index contributed by atoms with van der Waals surface area (Å²) in [5.41, 5.74) is 1.72. The molecule has 1 heterocycles. The first kappa shape index (κ1) is 16.0. The van der Waals surface area contributed by atoms with Gasteiger partial charge in [0.25, 0.3) is 5.91 Å². The lowest BCUT2D eigenvalue weighted by Crippen LogP contribution is -2.47. The number of H-pyrrole nitrogens is 1. The molecule has 6 heteroatoms. The minimum Gasteiger partial charge on any atom is -0.390 e. The van der Waals surface area contributed by atoms with Gasteiger partial charge in [0.15, 0.2) is 0 Å². The molecule has 1 aromatic heterocycles. The summed E-state index contributed by atoms with van der Waals surface area (Å²) in [6.45, 7) is 1.76. The molecule has 0 aliphatic heterocycles. The number of aromatic amines is 1. The van der Waals surface area contributed by atoms with Crippen LogP contribution in [0.5, 0.6) is 0 Å². The quantitative estimate of drug-likeness (QED) is 0.639. The zero-order chi connectivity index (χ0) is 16.6. The van der Waals surface area contributed by atoms with E-state index in [2.05, 4.69) is 10.3 Å². The molecule has 5 nitrogen and oxygen atoms in total. The fraction of sp³-hybridized carbons (Fsp3) is 0.471. The zero-order valence-corrected chi connectivity index (χ0v) is 13.0. The summed E-state index contributed by atoms with van der Waals surface area (Å²) < 4.78 is 13.4. The van der Waals surface area contributed by atoms with E-state index in [9.17, 15) is 19.4 Å². The molecule has 124 valence electrons. The van der Waals surface area contributed by atoms with E-state index in [-0.39, 0.29) is 11.7 Å². The second-order valence-corrected chi connectivity index (χ2v) is 6.24. The second-order valence-electron chi connectivity index (χ2n) is 6.24. The maximum absolute atomic E-state index is 13.4. The van der Waals surface area contributed by atoms with Crippen LogP contribution in [0.2, 0.25) is 0 Å². The van der Waals surface area contributed by atoms with E-state index in [4.69, 9.17) is 0 Å². The number of aliphatic hydroxyl groups is 2. The molecule has 1 amide bonds. The Morgan fingerprint density at radius 2 is 2.04 bits per heavy atom. The zero-order valence-electron chi connectivity index (χ0n) is 13.0. The van der Waals surface area contributed by atoms with Crippen molar-refractivity contribution in [3.63, 3.8) is 0 Å². The topological polar surface area (TPSA) is 85.3 Å². The van der Waals surface area contributed by atoms with Gasteiger partial charge in [-0.2, -0.15) is 0 Å². The first-order valence-electron chi connectivity index (χ1n) is 7.92. The SMILES string of the molecule is Cc1c(C(=O)N[C@@H]2CCCC[C@@H](O)[C@@H]2O)[nH]c2ccc(F)cc12. The normalized spacial score (nSPS) is 25.3. The van der Waals surface area contributed by atoms with Crippen molar-refractivity contribution in [2.75, 3.05) is 0 Å². The lowest BCUT2D eigenvalue weighted by atomic mass is 10.0. The molecule has 1 aliphatic rings. The standard InChI is InChI=1S/C17H21FN2O3/c1-9-11-8-10(18)6-7-12(11)19-15(9)17(23)20-13-4-2-3-5-14(21)16(13)22/h6-8,13-14,16,19,21-22H,2-5H2,1H3,(H,20,23)/t13-,14-,16-/m1/s1. The molecular formula is C17H21FN2O3. The predicted molar refractivity (Wildman–Crippen MR) is 84.7 cm³/mol. The summed E-state index contributed by atoms with van der Waals surface area (Å²) in [5, 5.41) is 23.5. The molecule has 23 heavy (non-hydrogen) atoms. The van der Waals surface area contributed by atoms with Gasteiger partial charge in [-0.05, 0) is 43.5 Å². The summed E-state index contributed by atoms with van der Waals surface area (Å²) in [6.07, 6.45) is 1.05. The third-order valence-corrected chi connectivity index (χ3v) is 4.64.